The lowest BCUT2D eigenvalue weighted by Gasteiger charge is -2.27. The van der Waals surface area contributed by atoms with Gasteiger partial charge in [-0.1, -0.05) is 26.8 Å². The summed E-state index contributed by atoms with van der Waals surface area (Å²) in [6.45, 7) is 5.62. The average Bonchev–Trinajstić information content (AvgIpc) is 3.04. The number of ketones is 1. The molecule has 1 aromatic heterocycles. The predicted octanol–water partition coefficient (Wildman–Crippen LogP) is 2.48. The fourth-order valence-corrected chi connectivity index (χ4v) is 3.84. The van der Waals surface area contributed by atoms with E-state index in [1.54, 1.807) is 13.1 Å². The van der Waals surface area contributed by atoms with Gasteiger partial charge in [0.15, 0.2) is 5.78 Å². The van der Waals surface area contributed by atoms with E-state index in [9.17, 15) is 14.4 Å². The largest absolute Gasteiger partial charge is 0.324 e. The maximum Gasteiger partial charge on any atom is 0.324 e. The van der Waals surface area contributed by atoms with Gasteiger partial charge >= 0.3 is 6.03 Å². The molecule has 1 unspecified atom stereocenters. The number of imide groups is 1. The maximum absolute atomic E-state index is 12.5. The van der Waals surface area contributed by atoms with Crippen LogP contribution in [0.3, 0.4) is 0 Å². The number of nitrogens with one attached hydrogen (secondary N) is 1. The zero-order chi connectivity index (χ0) is 18.9. The molecule has 26 heavy (non-hydrogen) atoms. The molecule has 134 valence electrons. The summed E-state index contributed by atoms with van der Waals surface area (Å²) in [5.74, 6) is -0.251. The first-order valence-electron chi connectivity index (χ1n) is 8.68. The van der Waals surface area contributed by atoms with Crippen LogP contribution in [0.2, 0.25) is 0 Å². The normalized spacial score (nSPS) is 22.2. The molecule has 1 aliphatic carbocycles. The Morgan fingerprint density at radius 2 is 1.81 bits per heavy atom. The average molecular weight is 351 g/mol. The Labute approximate surface area is 151 Å². The summed E-state index contributed by atoms with van der Waals surface area (Å²) in [6, 6.07) is 7.26. The molecule has 2 aromatic rings. The summed E-state index contributed by atoms with van der Waals surface area (Å²) in [5.41, 5.74) is 1.90. The van der Waals surface area contributed by atoms with Gasteiger partial charge in [0.2, 0.25) is 0 Å². The van der Waals surface area contributed by atoms with Crippen molar-refractivity contribution in [3.63, 3.8) is 0 Å². The lowest BCUT2D eigenvalue weighted by molar-refractivity contribution is -0.125. The van der Waals surface area contributed by atoms with Gasteiger partial charge in [-0.25, -0.2) is 9.78 Å². The van der Waals surface area contributed by atoms with Crippen LogP contribution in [0.4, 0.5) is 4.79 Å². The highest BCUT2D eigenvalue weighted by atomic mass is 16.2. The third-order valence-corrected chi connectivity index (χ3v) is 5.48. The van der Waals surface area contributed by atoms with Gasteiger partial charge in [0.05, 0.1) is 5.52 Å². The van der Waals surface area contributed by atoms with Crippen molar-refractivity contribution in [2.45, 2.75) is 39.2 Å². The summed E-state index contributed by atoms with van der Waals surface area (Å²) in [7, 11) is 1.66. The van der Waals surface area contributed by atoms with Crippen molar-refractivity contribution < 1.29 is 14.4 Å². The Bertz CT molecular complexity index is 990. The summed E-state index contributed by atoms with van der Waals surface area (Å²) in [5, 5.41) is 3.33. The second-order valence-corrected chi connectivity index (χ2v) is 8.29. The van der Waals surface area contributed by atoms with E-state index in [4.69, 9.17) is 0 Å². The number of carbonyl (C=O) groups is 3. The number of urea groups is 1. The Hall–Kier alpha value is -2.76. The molecule has 6 nitrogen and oxygen atoms in total. The monoisotopic (exact) mass is 351 g/mol. The zero-order valence-corrected chi connectivity index (χ0v) is 15.3. The second-order valence-electron chi connectivity index (χ2n) is 8.29. The third kappa shape index (κ3) is 2.25. The van der Waals surface area contributed by atoms with Crippen molar-refractivity contribution in [2.75, 3.05) is 7.05 Å². The number of aromatic nitrogens is 1. The van der Waals surface area contributed by atoms with Gasteiger partial charge in [0.25, 0.3) is 5.91 Å². The van der Waals surface area contributed by atoms with Crippen LogP contribution < -0.4 is 5.32 Å². The van der Waals surface area contributed by atoms with Crippen molar-refractivity contribution in [1.82, 2.24) is 15.2 Å². The van der Waals surface area contributed by atoms with E-state index in [0.717, 1.165) is 22.0 Å². The molecule has 1 aromatic carbocycles. The standard InChI is InChI=1S/C20H21N3O3/c1-19(2,3)16(24)14-6-5-11-7-12-9-20(10-13(12)8-15(11)21-14)17(25)22-18(26)23(20)4/h5-8H,9-10H2,1-4H3,(H,22,25,26). The number of rotatable bonds is 1. The molecule has 4 rings (SSSR count). The number of fused-ring (bicyclic) bond motifs is 2. The molecule has 1 spiro atoms. The van der Waals surface area contributed by atoms with Gasteiger partial charge in [-0.3, -0.25) is 14.9 Å². The molecule has 1 atom stereocenters. The number of hydrogen-bond donors (Lipinski definition) is 1. The van der Waals surface area contributed by atoms with Crippen LogP contribution in [0.5, 0.6) is 0 Å². The molecule has 0 saturated carbocycles. The molecule has 0 bridgehead atoms. The SMILES string of the molecule is CN1C(=O)NC(=O)C12Cc1cc3ccc(C(=O)C(C)(C)C)nc3cc1C2. The van der Waals surface area contributed by atoms with Gasteiger partial charge in [-0.15, -0.1) is 0 Å². The number of benzene rings is 1. The number of Topliss-reactive ketones (excluding diaryl/α,β-unsaturated/α-hetero) is 1. The highest BCUT2D eigenvalue weighted by molar-refractivity contribution is 6.08. The van der Waals surface area contributed by atoms with Gasteiger partial charge in [0, 0.05) is 30.7 Å². The van der Waals surface area contributed by atoms with E-state index < -0.39 is 11.0 Å². The number of carbonyl (C=O) groups excluding carboxylic acids is 3. The Morgan fingerprint density at radius 1 is 1.15 bits per heavy atom. The first-order chi connectivity index (χ1) is 12.1. The fourth-order valence-electron chi connectivity index (χ4n) is 3.84. The minimum atomic E-state index is -0.846. The molecule has 1 N–H and O–H groups in total. The Balaban J connectivity index is 1.77. The molecule has 2 heterocycles. The van der Waals surface area contributed by atoms with Crippen molar-refractivity contribution in [3.8, 4) is 0 Å². The smallest absolute Gasteiger partial charge is 0.312 e. The zero-order valence-electron chi connectivity index (χ0n) is 15.3. The molecular weight excluding hydrogens is 330 g/mol. The summed E-state index contributed by atoms with van der Waals surface area (Å²) in [4.78, 5) is 42.9. The van der Waals surface area contributed by atoms with Crippen LogP contribution in [0.15, 0.2) is 24.3 Å². The lowest BCUT2D eigenvalue weighted by Crippen LogP contribution is -2.48. The van der Waals surface area contributed by atoms with Crippen molar-refractivity contribution >= 4 is 28.6 Å². The number of likely N-dealkylation sites (N-methyl/N-ethyl adjacent to an activating group) is 1. The van der Waals surface area contributed by atoms with Crippen LogP contribution in [-0.4, -0.2) is 40.2 Å². The molecule has 1 saturated heterocycles. The molecule has 1 aliphatic heterocycles. The first-order valence-corrected chi connectivity index (χ1v) is 8.68. The highest BCUT2D eigenvalue weighted by Gasteiger charge is 2.54. The fraction of sp³-hybridized carbons (Fsp3) is 0.400. The lowest BCUT2D eigenvalue weighted by atomic mass is 9.88. The first kappa shape index (κ1) is 16.7. The minimum absolute atomic E-state index is 0.00290. The van der Waals surface area contributed by atoms with E-state index in [2.05, 4.69) is 10.3 Å². The molecule has 3 amide bonds. The molecular formula is C20H21N3O3. The number of hydrogen-bond acceptors (Lipinski definition) is 4. The Morgan fingerprint density at radius 3 is 2.38 bits per heavy atom. The van der Waals surface area contributed by atoms with Crippen LogP contribution in [0, 0.1) is 5.41 Å². The summed E-state index contributed by atoms with van der Waals surface area (Å²) in [6.07, 6.45) is 0.959. The van der Waals surface area contributed by atoms with E-state index in [1.807, 2.05) is 39.0 Å². The van der Waals surface area contributed by atoms with Gasteiger partial charge in [-0.05, 0) is 29.3 Å². The van der Waals surface area contributed by atoms with Crippen LogP contribution >= 0.6 is 0 Å². The maximum atomic E-state index is 12.5. The van der Waals surface area contributed by atoms with E-state index in [1.165, 1.54) is 4.90 Å². The molecule has 0 radical (unpaired) electrons. The van der Waals surface area contributed by atoms with E-state index in [0.29, 0.717) is 18.5 Å². The number of nitrogens with zero attached hydrogens (tertiary/aromatic N) is 2. The number of pyridine rings is 1. The molecule has 2 aliphatic rings. The molecule has 6 heteroatoms. The van der Waals surface area contributed by atoms with Crippen LogP contribution in [0.1, 0.15) is 42.4 Å². The van der Waals surface area contributed by atoms with Gasteiger partial charge in [-0.2, -0.15) is 0 Å². The van der Waals surface area contributed by atoms with Crippen LogP contribution in [0.25, 0.3) is 10.9 Å². The quantitative estimate of drug-likeness (QED) is 0.632. The highest BCUT2D eigenvalue weighted by Crippen LogP contribution is 2.38. The van der Waals surface area contributed by atoms with Crippen molar-refractivity contribution in [2.24, 2.45) is 5.41 Å². The second kappa shape index (κ2) is 5.13. The molecule has 1 fully saturated rings. The minimum Gasteiger partial charge on any atom is -0.312 e. The van der Waals surface area contributed by atoms with Gasteiger partial charge in [0.1, 0.15) is 11.2 Å². The topological polar surface area (TPSA) is 79.4 Å². The van der Waals surface area contributed by atoms with E-state index in [-0.39, 0.29) is 17.7 Å². The van der Waals surface area contributed by atoms with E-state index >= 15 is 0 Å². The van der Waals surface area contributed by atoms with Crippen molar-refractivity contribution in [1.29, 1.82) is 0 Å². The van der Waals surface area contributed by atoms with Gasteiger partial charge < -0.3 is 4.90 Å². The summed E-state index contributed by atoms with van der Waals surface area (Å²) < 4.78 is 0. The number of amides is 3. The summed E-state index contributed by atoms with van der Waals surface area (Å²) >= 11 is 0. The Kier molecular flexibility index (Phi) is 3.29. The third-order valence-electron chi connectivity index (χ3n) is 5.48. The van der Waals surface area contributed by atoms with Crippen LogP contribution in [-0.2, 0) is 17.6 Å². The van der Waals surface area contributed by atoms with Crippen molar-refractivity contribution in [3.05, 3.63) is 41.1 Å². The predicted molar refractivity (Wildman–Crippen MR) is 97.0 cm³/mol.